The lowest BCUT2D eigenvalue weighted by atomic mass is 10.1. The van der Waals surface area contributed by atoms with Crippen LogP contribution in [0, 0.1) is 0 Å². The van der Waals surface area contributed by atoms with Gasteiger partial charge >= 0.3 is 0 Å². The maximum absolute atomic E-state index is 5.25. The first-order valence-electron chi connectivity index (χ1n) is 8.26. The van der Waals surface area contributed by atoms with E-state index >= 15 is 0 Å². The summed E-state index contributed by atoms with van der Waals surface area (Å²) < 4.78 is 5.25. The second-order valence-electron chi connectivity index (χ2n) is 5.38. The Labute approximate surface area is 171 Å². The number of halogens is 1. The van der Waals surface area contributed by atoms with E-state index in [9.17, 15) is 0 Å². The highest BCUT2D eigenvalue weighted by atomic mass is 127. The van der Waals surface area contributed by atoms with E-state index in [1.54, 1.807) is 25.5 Å². The summed E-state index contributed by atoms with van der Waals surface area (Å²) >= 11 is 1.75. The zero-order valence-corrected chi connectivity index (χ0v) is 18.2. The third-order valence-corrected chi connectivity index (χ3v) is 4.79. The van der Waals surface area contributed by atoms with Crippen LogP contribution in [0.5, 0.6) is 5.75 Å². The standard InChI is InChI=1S/C18H26N4OS.HI/c1-4-16-12-21-17(24-16)13-22-18(19-2)20-10-6-8-14-7-5-9-15(11-14)23-3;/h5,7,9,11-12H,4,6,8,10,13H2,1-3H3,(H2,19,20,22);1H. The van der Waals surface area contributed by atoms with E-state index in [0.717, 1.165) is 42.5 Å². The van der Waals surface area contributed by atoms with Gasteiger partial charge in [0, 0.05) is 24.7 Å². The number of thiazole rings is 1. The molecular formula is C18H27IN4OS. The molecule has 0 aliphatic carbocycles. The Hall–Kier alpha value is -1.35. The molecule has 2 N–H and O–H groups in total. The van der Waals surface area contributed by atoms with Crippen molar-refractivity contribution in [3.05, 3.63) is 45.9 Å². The summed E-state index contributed by atoms with van der Waals surface area (Å²) in [6.07, 6.45) is 5.03. The average molecular weight is 474 g/mol. The van der Waals surface area contributed by atoms with Crippen LogP contribution < -0.4 is 15.4 Å². The number of nitrogens with zero attached hydrogens (tertiary/aromatic N) is 2. The molecule has 25 heavy (non-hydrogen) atoms. The van der Waals surface area contributed by atoms with Crippen molar-refractivity contribution < 1.29 is 4.74 Å². The number of hydrogen-bond acceptors (Lipinski definition) is 4. The van der Waals surface area contributed by atoms with Crippen LogP contribution in [0.1, 0.15) is 28.8 Å². The Kier molecular flexibility index (Phi) is 10.5. The molecule has 2 rings (SSSR count). The first-order chi connectivity index (χ1) is 11.7. The first-order valence-corrected chi connectivity index (χ1v) is 9.07. The maximum atomic E-state index is 5.25. The molecule has 1 heterocycles. The number of ether oxygens (including phenoxy) is 1. The number of guanidine groups is 1. The minimum absolute atomic E-state index is 0. The van der Waals surface area contributed by atoms with E-state index in [2.05, 4.69) is 39.7 Å². The summed E-state index contributed by atoms with van der Waals surface area (Å²) in [4.78, 5) is 9.97. The average Bonchev–Trinajstić information content (AvgIpc) is 3.09. The van der Waals surface area contributed by atoms with Gasteiger partial charge in [0.2, 0.25) is 0 Å². The molecule has 1 aromatic carbocycles. The van der Waals surface area contributed by atoms with Crippen molar-refractivity contribution in [3.63, 3.8) is 0 Å². The van der Waals surface area contributed by atoms with Gasteiger partial charge in [0.05, 0.1) is 13.7 Å². The van der Waals surface area contributed by atoms with Gasteiger partial charge in [-0.2, -0.15) is 0 Å². The molecule has 0 aliphatic rings. The summed E-state index contributed by atoms with van der Waals surface area (Å²) in [7, 11) is 3.49. The summed E-state index contributed by atoms with van der Waals surface area (Å²) in [5.41, 5.74) is 1.29. The lowest BCUT2D eigenvalue weighted by Gasteiger charge is -2.11. The molecule has 0 spiro atoms. The molecule has 0 atom stereocenters. The predicted molar refractivity (Wildman–Crippen MR) is 116 cm³/mol. The van der Waals surface area contributed by atoms with Crippen LogP contribution >= 0.6 is 35.3 Å². The van der Waals surface area contributed by atoms with Crippen LogP contribution in [0.3, 0.4) is 0 Å². The van der Waals surface area contributed by atoms with Gasteiger partial charge in [0.1, 0.15) is 10.8 Å². The molecule has 5 nitrogen and oxygen atoms in total. The van der Waals surface area contributed by atoms with Crippen LogP contribution in [-0.2, 0) is 19.4 Å². The van der Waals surface area contributed by atoms with Crippen LogP contribution in [0.4, 0.5) is 0 Å². The van der Waals surface area contributed by atoms with Gasteiger partial charge in [0.15, 0.2) is 5.96 Å². The van der Waals surface area contributed by atoms with E-state index in [1.807, 2.05) is 18.3 Å². The summed E-state index contributed by atoms with van der Waals surface area (Å²) in [5, 5.41) is 7.74. The van der Waals surface area contributed by atoms with Gasteiger partial charge < -0.3 is 15.4 Å². The summed E-state index contributed by atoms with van der Waals surface area (Å²) in [6, 6.07) is 8.21. The molecule has 0 unspecified atom stereocenters. The number of nitrogens with one attached hydrogen (secondary N) is 2. The van der Waals surface area contributed by atoms with Crippen molar-refractivity contribution in [3.8, 4) is 5.75 Å². The van der Waals surface area contributed by atoms with Gasteiger partial charge in [-0.25, -0.2) is 4.98 Å². The van der Waals surface area contributed by atoms with Crippen LogP contribution in [0.2, 0.25) is 0 Å². The van der Waals surface area contributed by atoms with E-state index in [1.165, 1.54) is 10.4 Å². The number of methoxy groups -OCH3 is 1. The Bertz CT molecular complexity index is 660. The first kappa shape index (κ1) is 21.7. The van der Waals surface area contributed by atoms with E-state index < -0.39 is 0 Å². The molecule has 0 saturated carbocycles. The largest absolute Gasteiger partial charge is 0.497 e. The molecule has 7 heteroatoms. The fraction of sp³-hybridized carbons (Fsp3) is 0.444. The van der Waals surface area contributed by atoms with Gasteiger partial charge in [-0.3, -0.25) is 4.99 Å². The molecular weight excluding hydrogens is 447 g/mol. The molecule has 0 aliphatic heterocycles. The highest BCUT2D eigenvalue weighted by Crippen LogP contribution is 2.14. The van der Waals surface area contributed by atoms with Crippen molar-refractivity contribution in [2.24, 2.45) is 4.99 Å². The zero-order valence-electron chi connectivity index (χ0n) is 15.0. The van der Waals surface area contributed by atoms with Crippen molar-refractivity contribution in [1.82, 2.24) is 15.6 Å². The normalized spacial score (nSPS) is 10.9. The van der Waals surface area contributed by atoms with Crippen LogP contribution in [0.15, 0.2) is 35.5 Å². The lowest BCUT2D eigenvalue weighted by molar-refractivity contribution is 0.414. The smallest absolute Gasteiger partial charge is 0.191 e. The topological polar surface area (TPSA) is 58.5 Å². The molecule has 0 radical (unpaired) electrons. The van der Waals surface area contributed by atoms with Crippen LogP contribution in [0.25, 0.3) is 0 Å². The second kappa shape index (κ2) is 12.1. The van der Waals surface area contributed by atoms with Crippen molar-refractivity contribution >= 4 is 41.3 Å². The second-order valence-corrected chi connectivity index (χ2v) is 6.58. The number of rotatable bonds is 8. The molecule has 0 amide bonds. The number of hydrogen-bond donors (Lipinski definition) is 2. The van der Waals surface area contributed by atoms with Gasteiger partial charge in [-0.15, -0.1) is 35.3 Å². The SMILES string of the molecule is CCc1cnc(CNC(=NC)NCCCc2cccc(OC)c2)s1.I. The van der Waals surface area contributed by atoms with Gasteiger partial charge in [-0.05, 0) is 37.0 Å². The highest BCUT2D eigenvalue weighted by molar-refractivity contribution is 14.0. The van der Waals surface area contributed by atoms with E-state index in [-0.39, 0.29) is 24.0 Å². The highest BCUT2D eigenvalue weighted by Gasteiger charge is 2.03. The van der Waals surface area contributed by atoms with Crippen molar-refractivity contribution in [2.75, 3.05) is 20.7 Å². The van der Waals surface area contributed by atoms with Crippen molar-refractivity contribution in [1.29, 1.82) is 0 Å². The minimum Gasteiger partial charge on any atom is -0.497 e. The van der Waals surface area contributed by atoms with Crippen LogP contribution in [-0.4, -0.2) is 31.6 Å². The fourth-order valence-electron chi connectivity index (χ4n) is 2.30. The third-order valence-electron chi connectivity index (χ3n) is 3.65. The molecule has 2 aromatic rings. The molecule has 1 aromatic heterocycles. The lowest BCUT2D eigenvalue weighted by Crippen LogP contribution is -2.37. The Morgan fingerprint density at radius 1 is 1.32 bits per heavy atom. The van der Waals surface area contributed by atoms with Gasteiger partial charge in [0.25, 0.3) is 0 Å². The summed E-state index contributed by atoms with van der Waals surface area (Å²) in [5.74, 6) is 1.72. The molecule has 0 bridgehead atoms. The van der Waals surface area contributed by atoms with Gasteiger partial charge in [-0.1, -0.05) is 19.1 Å². The van der Waals surface area contributed by atoms with E-state index in [0.29, 0.717) is 6.54 Å². The van der Waals surface area contributed by atoms with E-state index in [4.69, 9.17) is 4.74 Å². The molecule has 0 saturated heterocycles. The maximum Gasteiger partial charge on any atom is 0.191 e. The minimum atomic E-state index is 0. The number of aromatic nitrogens is 1. The molecule has 138 valence electrons. The fourth-order valence-corrected chi connectivity index (χ4v) is 3.10. The Morgan fingerprint density at radius 2 is 2.16 bits per heavy atom. The number of aryl methyl sites for hydroxylation is 2. The molecule has 0 fully saturated rings. The summed E-state index contributed by atoms with van der Waals surface area (Å²) in [6.45, 7) is 3.72. The quantitative estimate of drug-likeness (QED) is 0.266. The van der Waals surface area contributed by atoms with Crippen molar-refractivity contribution in [2.45, 2.75) is 32.7 Å². The third kappa shape index (κ3) is 7.60. The monoisotopic (exact) mass is 474 g/mol. The Balaban J connectivity index is 0.00000312. The number of aliphatic imine (C=N–C) groups is 1. The zero-order chi connectivity index (χ0) is 17.2. The Morgan fingerprint density at radius 3 is 2.84 bits per heavy atom. The predicted octanol–water partition coefficient (Wildman–Crippen LogP) is 3.63. The number of benzene rings is 1.